The van der Waals surface area contributed by atoms with Gasteiger partial charge in [0.25, 0.3) is 0 Å². The number of carbonyl (C=O) groups is 4. The number of ether oxygens (including phenoxy) is 4. The monoisotopic (exact) mass is 956 g/mol. The number of phenolic OH excluding ortho intramolecular Hbond substituents is 1. The Hall–Kier alpha value is -5.72. The molecule has 69 heavy (non-hydrogen) atoms. The molecule has 0 unspecified atom stereocenters. The van der Waals surface area contributed by atoms with Crippen LogP contribution in [0.5, 0.6) is 23.0 Å². The van der Waals surface area contributed by atoms with Crippen molar-refractivity contribution in [2.24, 2.45) is 5.73 Å². The van der Waals surface area contributed by atoms with Crippen LogP contribution in [0.4, 0.5) is 4.79 Å². The maximum Gasteiger partial charge on any atom is 0.407 e. The molecule has 12 nitrogen and oxygen atoms in total. The number of aromatic hydroxyl groups is 1. The van der Waals surface area contributed by atoms with Gasteiger partial charge in [0.05, 0.1) is 19.3 Å². The second kappa shape index (κ2) is 28.1. The third kappa shape index (κ3) is 27.8. The first-order valence-corrected chi connectivity index (χ1v) is 23.8. The van der Waals surface area contributed by atoms with E-state index in [1.54, 1.807) is 45.0 Å². The molecule has 0 bridgehead atoms. The smallest absolute Gasteiger partial charge is 0.407 e. The van der Waals surface area contributed by atoms with Crippen molar-refractivity contribution in [3.63, 3.8) is 0 Å². The lowest BCUT2D eigenvalue weighted by molar-refractivity contribution is -0.135. The molecule has 382 valence electrons. The molecule has 5 N–H and O–H groups in total. The van der Waals surface area contributed by atoms with E-state index in [9.17, 15) is 19.2 Å². The van der Waals surface area contributed by atoms with Crippen LogP contribution in [0.1, 0.15) is 159 Å². The quantitative estimate of drug-likeness (QED) is 0.0785. The molecule has 1 amide bonds. The van der Waals surface area contributed by atoms with E-state index in [4.69, 9.17) is 29.8 Å². The number of rotatable bonds is 12. The highest BCUT2D eigenvalue weighted by Crippen LogP contribution is 2.27. The molecule has 0 heterocycles. The Kier molecular flexibility index (Phi) is 24.9. The number of nitrogens with one attached hydrogen (secondary N) is 2. The largest absolute Gasteiger partial charge is 0.508 e. The van der Waals surface area contributed by atoms with Crippen LogP contribution in [0.2, 0.25) is 0 Å². The highest BCUT2D eigenvalue weighted by Gasteiger charge is 2.18. The third-order valence-electron chi connectivity index (χ3n) is 9.82. The van der Waals surface area contributed by atoms with Gasteiger partial charge >= 0.3 is 24.0 Å². The first kappa shape index (κ1) is 61.3. The molecule has 0 atom stereocenters. The summed E-state index contributed by atoms with van der Waals surface area (Å²) in [6.07, 6.45) is 0.181. The Morgan fingerprint density at radius 2 is 0.768 bits per heavy atom. The predicted molar refractivity (Wildman–Crippen MR) is 279 cm³/mol. The van der Waals surface area contributed by atoms with Crippen LogP contribution in [-0.2, 0) is 40.8 Å². The van der Waals surface area contributed by atoms with Gasteiger partial charge in [-0.1, -0.05) is 145 Å². The predicted octanol–water partition coefficient (Wildman–Crippen LogP) is 12.0. The molecular formula is C57H85N3O9. The summed E-state index contributed by atoms with van der Waals surface area (Å²) in [5, 5.41) is 14.7. The van der Waals surface area contributed by atoms with Crippen LogP contribution in [0.15, 0.2) is 97.1 Å². The highest BCUT2D eigenvalue weighted by atomic mass is 16.6. The van der Waals surface area contributed by atoms with Crippen molar-refractivity contribution in [2.45, 2.75) is 170 Å². The van der Waals surface area contributed by atoms with Gasteiger partial charge in [-0.25, -0.2) is 4.79 Å². The lowest BCUT2D eigenvalue weighted by Crippen LogP contribution is -2.34. The number of esters is 3. The average molecular weight is 956 g/mol. The molecule has 4 rings (SSSR count). The van der Waals surface area contributed by atoms with E-state index in [0.717, 1.165) is 0 Å². The molecule has 12 heteroatoms. The summed E-state index contributed by atoms with van der Waals surface area (Å²) in [6, 6.07) is 30.5. The van der Waals surface area contributed by atoms with Gasteiger partial charge in [0.1, 0.15) is 28.6 Å². The molecule has 0 aliphatic carbocycles. The second-order valence-electron chi connectivity index (χ2n) is 22.1. The minimum Gasteiger partial charge on any atom is -0.508 e. The molecule has 0 aromatic heterocycles. The third-order valence-corrected chi connectivity index (χ3v) is 9.82. The van der Waals surface area contributed by atoms with Crippen LogP contribution in [0.3, 0.4) is 0 Å². The fourth-order valence-corrected chi connectivity index (χ4v) is 5.74. The summed E-state index contributed by atoms with van der Waals surface area (Å²) in [4.78, 5) is 46.0. The summed E-state index contributed by atoms with van der Waals surface area (Å²) >= 11 is 0. The van der Waals surface area contributed by atoms with Crippen molar-refractivity contribution in [1.82, 2.24) is 10.6 Å². The van der Waals surface area contributed by atoms with E-state index in [2.05, 4.69) is 108 Å². The highest BCUT2D eigenvalue weighted by molar-refractivity contribution is 5.74. The minimum atomic E-state index is -0.556. The lowest BCUT2D eigenvalue weighted by Gasteiger charge is -2.19. The van der Waals surface area contributed by atoms with Crippen LogP contribution in [0, 0.1) is 0 Å². The summed E-state index contributed by atoms with van der Waals surface area (Å²) < 4.78 is 20.7. The van der Waals surface area contributed by atoms with Gasteiger partial charge in [-0.3, -0.25) is 14.4 Å². The zero-order valence-electron chi connectivity index (χ0n) is 44.8. The van der Waals surface area contributed by atoms with Gasteiger partial charge in [-0.05, 0) is 113 Å². The van der Waals surface area contributed by atoms with E-state index in [1.807, 2.05) is 72.8 Å². The van der Waals surface area contributed by atoms with Crippen LogP contribution >= 0.6 is 0 Å². The number of carbonyl (C=O) groups excluding carboxylic acids is 4. The van der Waals surface area contributed by atoms with E-state index in [1.165, 1.54) is 22.3 Å². The van der Waals surface area contributed by atoms with Crippen molar-refractivity contribution < 1.29 is 43.2 Å². The van der Waals surface area contributed by atoms with Crippen molar-refractivity contribution in [3.05, 3.63) is 119 Å². The van der Waals surface area contributed by atoms with Crippen molar-refractivity contribution >= 4 is 24.0 Å². The molecule has 0 spiro atoms. The summed E-state index contributed by atoms with van der Waals surface area (Å²) in [5.74, 6) is 1.14. The number of alkyl carbamates (subject to hydrolysis) is 1. The molecule has 0 radical (unpaired) electrons. The summed E-state index contributed by atoms with van der Waals surface area (Å²) in [6.45, 7) is 36.3. The maximum absolute atomic E-state index is 11.7. The molecule has 0 aliphatic rings. The van der Waals surface area contributed by atoms with E-state index in [-0.39, 0.29) is 53.0 Å². The number of hydrogen-bond donors (Lipinski definition) is 4. The molecule has 4 aromatic carbocycles. The van der Waals surface area contributed by atoms with Crippen molar-refractivity contribution in [1.29, 1.82) is 0 Å². The van der Waals surface area contributed by atoms with Crippen molar-refractivity contribution in [3.8, 4) is 23.0 Å². The SMILES string of the molecule is CC(C)(C)OC(=O)NCCC(=O)Oc1ccc(C(C)(C)C)cc1.CC(C)(C)c1ccc(O)cc1.CC(C)(C)c1ccc(OC(=O)CCN)cc1.CC(C)NCCC(=O)Oc1ccc(C(C)(C)C)cc1. The number of nitrogens with two attached hydrogens (primary N) is 1. The molecule has 0 saturated carbocycles. The Morgan fingerprint density at radius 1 is 0.478 bits per heavy atom. The molecule has 0 saturated heterocycles. The number of hydrogen-bond acceptors (Lipinski definition) is 11. The Bertz CT molecular complexity index is 2130. The van der Waals surface area contributed by atoms with Gasteiger partial charge in [-0.15, -0.1) is 0 Å². The van der Waals surface area contributed by atoms with E-state index >= 15 is 0 Å². The Morgan fingerprint density at radius 3 is 1.04 bits per heavy atom. The second-order valence-corrected chi connectivity index (χ2v) is 22.1. The number of amides is 1. The van der Waals surface area contributed by atoms with E-state index < -0.39 is 17.7 Å². The molecule has 0 fully saturated rings. The van der Waals surface area contributed by atoms with Gasteiger partial charge in [0, 0.05) is 25.7 Å². The Labute approximate surface area is 414 Å². The fraction of sp³-hybridized carbons (Fsp3) is 0.509. The van der Waals surface area contributed by atoms with Gasteiger partial charge in [-0.2, -0.15) is 0 Å². The minimum absolute atomic E-state index is 0.0554. The summed E-state index contributed by atoms with van der Waals surface area (Å²) in [5.41, 5.74) is 10.0. The molecule has 4 aromatic rings. The topological polar surface area (TPSA) is 176 Å². The van der Waals surface area contributed by atoms with Crippen LogP contribution < -0.4 is 30.6 Å². The van der Waals surface area contributed by atoms with Crippen LogP contribution in [0.25, 0.3) is 0 Å². The first-order chi connectivity index (χ1) is 31.7. The normalized spacial score (nSPS) is 11.6. The number of benzene rings is 4. The summed E-state index contributed by atoms with van der Waals surface area (Å²) in [7, 11) is 0. The van der Waals surface area contributed by atoms with Gasteiger partial charge in [0.15, 0.2) is 0 Å². The molecular weight excluding hydrogens is 871 g/mol. The molecule has 0 aliphatic heterocycles. The first-order valence-electron chi connectivity index (χ1n) is 23.8. The zero-order valence-corrected chi connectivity index (χ0v) is 44.8. The average Bonchev–Trinajstić information content (AvgIpc) is 3.20. The van der Waals surface area contributed by atoms with Gasteiger partial charge in [0.2, 0.25) is 0 Å². The lowest BCUT2D eigenvalue weighted by atomic mass is 9.87. The standard InChI is InChI=1S/C18H27NO4.C16H25NO2.C13H19NO2.C10H14O/c1-17(2,3)13-7-9-14(10-8-13)22-15(20)11-12-19-16(21)23-18(4,5)6;1-12(2)17-11-10-15(18)19-14-8-6-13(7-9-14)16(3,4)5;1-13(2,3)10-4-6-11(7-5-10)16-12(15)8-9-14;1-10(2,3)8-4-6-9(11)7-5-8/h7-10H,11-12H2,1-6H3,(H,19,21);6-9,12,17H,10-11H2,1-5H3;4-7H,8-9,14H2,1-3H3;4-7,11H,1-3H3. The fourth-order valence-electron chi connectivity index (χ4n) is 5.74. The van der Waals surface area contributed by atoms with Gasteiger partial charge < -0.3 is 40.4 Å². The Balaban J connectivity index is 0.000000473. The number of phenols is 1. The maximum atomic E-state index is 11.7. The van der Waals surface area contributed by atoms with Crippen molar-refractivity contribution in [2.75, 3.05) is 19.6 Å². The van der Waals surface area contributed by atoms with Crippen LogP contribution in [-0.4, -0.2) is 60.4 Å². The van der Waals surface area contributed by atoms with E-state index in [0.29, 0.717) is 48.6 Å². The zero-order chi connectivity index (χ0) is 52.8.